The second-order valence-electron chi connectivity index (χ2n) is 9.51. The Hall–Kier alpha value is -3.96. The smallest absolute Gasteiger partial charge is 0.410 e. The first-order valence-corrected chi connectivity index (χ1v) is 12.9. The molecule has 202 valence electrons. The van der Waals surface area contributed by atoms with Gasteiger partial charge in [0.05, 0.1) is 6.54 Å². The fourth-order valence-corrected chi connectivity index (χ4v) is 3.86. The highest BCUT2D eigenvalue weighted by molar-refractivity contribution is 7.13. The Labute approximate surface area is 225 Å². The minimum atomic E-state index is -0.925. The number of aliphatic hydroxyl groups excluding tert-OH is 1. The van der Waals surface area contributed by atoms with Crippen molar-refractivity contribution >= 4 is 39.9 Å². The molecule has 0 aliphatic heterocycles. The molecule has 38 heavy (non-hydrogen) atoms. The molecule has 1 atom stereocenters. The molecule has 2 amide bonds. The van der Waals surface area contributed by atoms with Crippen molar-refractivity contribution in [3.63, 3.8) is 0 Å². The number of anilines is 2. The summed E-state index contributed by atoms with van der Waals surface area (Å²) in [4.78, 5) is 42.5. The highest BCUT2D eigenvalue weighted by Crippen LogP contribution is 2.16. The van der Waals surface area contributed by atoms with Crippen molar-refractivity contribution in [2.24, 2.45) is 0 Å². The molecule has 10 nitrogen and oxygen atoms in total. The maximum Gasteiger partial charge on any atom is 0.410 e. The number of carbonyl (C=O) groups is 3. The van der Waals surface area contributed by atoms with Crippen molar-refractivity contribution in [1.82, 2.24) is 9.88 Å². The van der Waals surface area contributed by atoms with Crippen molar-refractivity contribution in [2.75, 3.05) is 30.7 Å². The molecule has 0 aliphatic rings. The molecule has 0 saturated carbocycles. The number of thiazole rings is 1. The zero-order valence-electron chi connectivity index (χ0n) is 21.5. The van der Waals surface area contributed by atoms with Crippen LogP contribution in [0.15, 0.2) is 60.0 Å². The van der Waals surface area contributed by atoms with Gasteiger partial charge >= 0.3 is 6.09 Å². The Morgan fingerprint density at radius 2 is 1.79 bits per heavy atom. The molecular formula is C27H32N4O6S. The summed E-state index contributed by atoms with van der Waals surface area (Å²) < 4.78 is 11.1. The minimum absolute atomic E-state index is 0.000195. The standard InChI is InChI=1S/C27H32N4O6S/c1-27(2,3)37-26(35)31(15-20(32)16-36-21-7-5-4-6-8-21)14-13-18-9-11-19(12-10-18)29-24(34)23(33)22-17-38-25(28)30-22/h4-12,17,20,32H,13-16H2,1-3H3,(H2,28,30)(H,29,34)/t20-/m0/s1. The van der Waals surface area contributed by atoms with Gasteiger partial charge in [-0.25, -0.2) is 9.78 Å². The third-order valence-electron chi connectivity index (χ3n) is 5.11. The number of carbonyl (C=O) groups excluding carboxylic acids is 3. The van der Waals surface area contributed by atoms with Crippen LogP contribution in [0.1, 0.15) is 36.8 Å². The average Bonchev–Trinajstić information content (AvgIpc) is 3.31. The van der Waals surface area contributed by atoms with Crippen LogP contribution in [-0.2, 0) is 16.0 Å². The molecule has 0 spiro atoms. The van der Waals surface area contributed by atoms with Crippen LogP contribution < -0.4 is 15.8 Å². The molecule has 2 aromatic carbocycles. The zero-order chi connectivity index (χ0) is 27.7. The van der Waals surface area contributed by atoms with Crippen LogP contribution in [0.5, 0.6) is 5.75 Å². The molecule has 4 N–H and O–H groups in total. The number of hydrogen-bond donors (Lipinski definition) is 3. The van der Waals surface area contributed by atoms with Crippen molar-refractivity contribution < 1.29 is 29.0 Å². The molecule has 0 unspecified atom stereocenters. The van der Waals surface area contributed by atoms with E-state index in [4.69, 9.17) is 15.2 Å². The number of aliphatic hydroxyl groups is 1. The van der Waals surface area contributed by atoms with Gasteiger partial charge in [0.15, 0.2) is 5.13 Å². The van der Waals surface area contributed by atoms with Crippen molar-refractivity contribution in [2.45, 2.75) is 38.9 Å². The molecule has 0 aliphatic carbocycles. The van der Waals surface area contributed by atoms with Gasteiger partial charge in [-0.1, -0.05) is 30.3 Å². The minimum Gasteiger partial charge on any atom is -0.491 e. The lowest BCUT2D eigenvalue weighted by Crippen LogP contribution is -2.43. The number of aromatic nitrogens is 1. The van der Waals surface area contributed by atoms with E-state index in [0.29, 0.717) is 17.9 Å². The van der Waals surface area contributed by atoms with Crippen molar-refractivity contribution in [3.8, 4) is 5.75 Å². The molecule has 1 aromatic heterocycles. The monoisotopic (exact) mass is 540 g/mol. The van der Waals surface area contributed by atoms with Crippen LogP contribution in [0, 0.1) is 0 Å². The molecule has 3 aromatic rings. The quantitative estimate of drug-likeness (QED) is 0.246. The Morgan fingerprint density at radius 1 is 1.11 bits per heavy atom. The largest absolute Gasteiger partial charge is 0.491 e. The zero-order valence-corrected chi connectivity index (χ0v) is 22.4. The normalized spacial score (nSPS) is 11.9. The van der Waals surface area contributed by atoms with E-state index in [1.54, 1.807) is 57.2 Å². The number of nitrogen functional groups attached to an aromatic ring is 1. The van der Waals surface area contributed by atoms with E-state index >= 15 is 0 Å². The van der Waals surface area contributed by atoms with Gasteiger partial charge in [0, 0.05) is 17.6 Å². The van der Waals surface area contributed by atoms with Crippen LogP contribution >= 0.6 is 11.3 Å². The molecule has 0 saturated heterocycles. The number of Topliss-reactive ketones (excluding diaryl/α,β-unsaturated/α-hetero) is 1. The first-order chi connectivity index (χ1) is 18.0. The van der Waals surface area contributed by atoms with Gasteiger partial charge < -0.3 is 30.5 Å². The predicted octanol–water partition coefficient (Wildman–Crippen LogP) is 3.77. The summed E-state index contributed by atoms with van der Waals surface area (Å²) in [7, 11) is 0. The number of nitrogens with one attached hydrogen (secondary N) is 1. The first-order valence-electron chi connectivity index (χ1n) is 12.0. The second kappa shape index (κ2) is 13.0. The number of rotatable bonds is 11. The highest BCUT2D eigenvalue weighted by atomic mass is 32.1. The number of benzene rings is 2. The second-order valence-corrected chi connectivity index (χ2v) is 10.4. The number of hydrogen-bond acceptors (Lipinski definition) is 9. The number of nitrogens with two attached hydrogens (primary N) is 1. The lowest BCUT2D eigenvalue weighted by atomic mass is 10.1. The van der Waals surface area contributed by atoms with E-state index in [-0.39, 0.29) is 30.5 Å². The number of ether oxygens (including phenoxy) is 2. The van der Waals surface area contributed by atoms with Gasteiger partial charge in [-0.05, 0) is 57.0 Å². The van der Waals surface area contributed by atoms with Crippen LogP contribution in [-0.4, -0.2) is 64.2 Å². The molecule has 11 heteroatoms. The van der Waals surface area contributed by atoms with Gasteiger partial charge in [0.1, 0.15) is 29.8 Å². The molecule has 1 heterocycles. The number of ketones is 1. The van der Waals surface area contributed by atoms with E-state index in [1.807, 2.05) is 18.2 Å². The fraction of sp³-hybridized carbons (Fsp3) is 0.333. The summed E-state index contributed by atoms with van der Waals surface area (Å²) in [6.07, 6.45) is -0.996. The molecule has 0 bridgehead atoms. The van der Waals surface area contributed by atoms with Gasteiger partial charge in [0.2, 0.25) is 0 Å². The summed E-state index contributed by atoms with van der Waals surface area (Å²) in [5.74, 6) is -0.962. The van der Waals surface area contributed by atoms with Crippen LogP contribution in [0.4, 0.5) is 15.6 Å². The van der Waals surface area contributed by atoms with E-state index in [0.717, 1.165) is 16.9 Å². The maximum atomic E-state index is 12.8. The SMILES string of the molecule is CC(C)(C)OC(=O)N(CCc1ccc(NC(=O)C(=O)c2csc(N)n2)cc1)C[C@H](O)COc1ccccc1. The van der Waals surface area contributed by atoms with Crippen LogP contribution in [0.25, 0.3) is 0 Å². The summed E-state index contributed by atoms with van der Waals surface area (Å²) in [5.41, 5.74) is 6.15. The van der Waals surface area contributed by atoms with Crippen LogP contribution in [0.3, 0.4) is 0 Å². The summed E-state index contributed by atoms with van der Waals surface area (Å²) in [6.45, 7) is 5.66. The number of amides is 2. The average molecular weight is 541 g/mol. The lowest BCUT2D eigenvalue weighted by molar-refractivity contribution is -0.112. The van der Waals surface area contributed by atoms with E-state index in [9.17, 15) is 19.5 Å². The van der Waals surface area contributed by atoms with Crippen LogP contribution in [0.2, 0.25) is 0 Å². The Kier molecular flexibility index (Phi) is 9.80. The summed E-state index contributed by atoms with van der Waals surface area (Å²) in [5, 5.41) is 14.7. The van der Waals surface area contributed by atoms with Gasteiger partial charge in [0.25, 0.3) is 11.7 Å². The lowest BCUT2D eigenvalue weighted by Gasteiger charge is -2.29. The topological polar surface area (TPSA) is 144 Å². The number of para-hydroxylation sites is 1. The van der Waals surface area contributed by atoms with Crippen molar-refractivity contribution in [1.29, 1.82) is 0 Å². The molecule has 0 radical (unpaired) electrons. The molecule has 3 rings (SSSR count). The van der Waals surface area contributed by atoms with Gasteiger partial charge in [-0.3, -0.25) is 9.59 Å². The predicted molar refractivity (Wildman–Crippen MR) is 145 cm³/mol. The van der Waals surface area contributed by atoms with Gasteiger partial charge in [-0.15, -0.1) is 11.3 Å². The third-order valence-corrected chi connectivity index (χ3v) is 5.79. The van der Waals surface area contributed by atoms with Gasteiger partial charge in [-0.2, -0.15) is 0 Å². The number of nitrogens with zero attached hydrogens (tertiary/aromatic N) is 2. The third kappa shape index (κ3) is 9.16. The first kappa shape index (κ1) is 28.6. The molecule has 0 fully saturated rings. The summed E-state index contributed by atoms with van der Waals surface area (Å²) in [6, 6.07) is 16.0. The Bertz CT molecular complexity index is 1220. The Balaban J connectivity index is 1.57. The van der Waals surface area contributed by atoms with E-state index in [2.05, 4.69) is 10.3 Å². The maximum absolute atomic E-state index is 12.8. The fourth-order valence-electron chi connectivity index (χ4n) is 3.31. The Morgan fingerprint density at radius 3 is 2.39 bits per heavy atom. The van der Waals surface area contributed by atoms with E-state index < -0.39 is 29.5 Å². The van der Waals surface area contributed by atoms with Crippen molar-refractivity contribution in [3.05, 3.63) is 71.2 Å². The molecular weight excluding hydrogens is 508 g/mol. The van der Waals surface area contributed by atoms with E-state index in [1.165, 1.54) is 10.3 Å². The highest BCUT2D eigenvalue weighted by Gasteiger charge is 2.24. The summed E-state index contributed by atoms with van der Waals surface area (Å²) >= 11 is 1.08.